The first-order valence-corrected chi connectivity index (χ1v) is 11.9. The smallest absolute Gasteiger partial charge is 0.348 e. The van der Waals surface area contributed by atoms with Crippen LogP contribution >= 0.6 is 0 Å². The lowest BCUT2D eigenvalue weighted by Crippen LogP contribution is -2.48. The Morgan fingerprint density at radius 3 is 2.57 bits per heavy atom. The maximum absolute atomic E-state index is 13.3. The number of aryl methyl sites for hydroxylation is 1. The zero-order chi connectivity index (χ0) is 26.9. The molecule has 1 fully saturated rings. The predicted molar refractivity (Wildman–Crippen MR) is 133 cm³/mol. The molecule has 0 saturated carbocycles. The van der Waals surface area contributed by atoms with E-state index >= 15 is 0 Å². The monoisotopic (exact) mass is 507 g/mol. The normalized spacial score (nSPS) is 15.8. The number of hydrogen-bond donors (Lipinski definition) is 1. The fourth-order valence-corrected chi connectivity index (χ4v) is 4.09. The molecule has 37 heavy (non-hydrogen) atoms. The van der Waals surface area contributed by atoms with E-state index in [9.17, 15) is 19.2 Å². The van der Waals surface area contributed by atoms with Gasteiger partial charge >= 0.3 is 5.63 Å². The van der Waals surface area contributed by atoms with Crippen molar-refractivity contribution in [3.05, 3.63) is 69.3 Å². The highest BCUT2D eigenvalue weighted by Crippen LogP contribution is 2.28. The molecule has 0 aliphatic carbocycles. The van der Waals surface area contributed by atoms with E-state index in [2.05, 4.69) is 12.2 Å². The number of rotatable bonds is 9. The fraction of sp³-hybridized carbons (Fsp3) is 0.370. The summed E-state index contributed by atoms with van der Waals surface area (Å²) in [6, 6.07) is 8.20. The first-order chi connectivity index (χ1) is 17.8. The number of nitrogens with one attached hydrogen (secondary N) is 1. The summed E-state index contributed by atoms with van der Waals surface area (Å²) in [7, 11) is 2.88. The molecule has 2 heterocycles. The third kappa shape index (κ3) is 6.44. The minimum atomic E-state index is -1.10. The molecule has 1 aliphatic rings. The number of hydrogen-bond acceptors (Lipinski definition) is 8. The summed E-state index contributed by atoms with van der Waals surface area (Å²) in [6.45, 7) is 2.03. The number of likely N-dealkylation sites (tertiary alicyclic amines) is 1. The van der Waals surface area contributed by atoms with Crippen molar-refractivity contribution in [2.24, 2.45) is 0 Å². The Balaban J connectivity index is 1.81. The SMILES string of the molecule is CCCCCc1ccc(C(=O)N2C/C(=C/C#N)C[C@H]2C(=O)NC(=O)c2ccc(OC)c(OC)c2)c(=O)o1. The molecular weight excluding hydrogens is 478 g/mol. The van der Waals surface area contributed by atoms with Crippen molar-refractivity contribution in [2.45, 2.75) is 45.1 Å². The molecule has 1 aromatic heterocycles. The molecule has 1 N–H and O–H groups in total. The zero-order valence-electron chi connectivity index (χ0n) is 21.0. The van der Waals surface area contributed by atoms with Crippen molar-refractivity contribution in [1.82, 2.24) is 10.2 Å². The number of carbonyl (C=O) groups is 3. The van der Waals surface area contributed by atoms with Gasteiger partial charge in [-0.2, -0.15) is 5.26 Å². The molecule has 0 spiro atoms. The Kier molecular flexibility index (Phi) is 9.21. The van der Waals surface area contributed by atoms with Gasteiger partial charge in [0.15, 0.2) is 11.5 Å². The molecule has 1 saturated heterocycles. The standard InChI is InChI=1S/C27H29N3O7/c1-4-5-6-7-19-9-10-20(27(34)37-19)26(33)30-16-17(12-13-28)14-21(30)25(32)29-24(31)18-8-11-22(35-2)23(15-18)36-3/h8-12,15,21H,4-7,14,16H2,1-3H3,(H,29,31,32)/b17-12+/t21-/m0/s1. The maximum atomic E-state index is 13.3. The van der Waals surface area contributed by atoms with Crippen LogP contribution in [-0.2, 0) is 11.2 Å². The van der Waals surface area contributed by atoms with Crippen LogP contribution in [0.1, 0.15) is 59.1 Å². The van der Waals surface area contributed by atoms with Crippen LogP contribution in [0.5, 0.6) is 11.5 Å². The van der Waals surface area contributed by atoms with Gasteiger partial charge < -0.3 is 18.8 Å². The second kappa shape index (κ2) is 12.5. The first kappa shape index (κ1) is 27.2. The van der Waals surface area contributed by atoms with E-state index in [1.807, 2.05) is 6.07 Å². The Morgan fingerprint density at radius 2 is 1.92 bits per heavy atom. The number of ether oxygens (including phenoxy) is 2. The number of unbranched alkanes of at least 4 members (excludes halogenated alkanes) is 2. The molecule has 1 aliphatic heterocycles. The Hall–Kier alpha value is -4.39. The van der Waals surface area contributed by atoms with Crippen molar-refractivity contribution in [2.75, 3.05) is 20.8 Å². The molecule has 3 rings (SSSR count). The molecule has 10 heteroatoms. The average Bonchev–Trinajstić information content (AvgIpc) is 3.32. The van der Waals surface area contributed by atoms with E-state index in [-0.39, 0.29) is 24.1 Å². The highest BCUT2D eigenvalue weighted by Gasteiger charge is 2.38. The highest BCUT2D eigenvalue weighted by molar-refractivity contribution is 6.08. The molecule has 10 nitrogen and oxygen atoms in total. The summed E-state index contributed by atoms with van der Waals surface area (Å²) in [5, 5.41) is 11.4. The summed E-state index contributed by atoms with van der Waals surface area (Å²) < 4.78 is 15.7. The van der Waals surface area contributed by atoms with Gasteiger partial charge in [0.05, 0.1) is 20.3 Å². The third-order valence-corrected chi connectivity index (χ3v) is 6.06. The quantitative estimate of drug-likeness (QED) is 0.310. The van der Waals surface area contributed by atoms with Crippen molar-refractivity contribution >= 4 is 17.7 Å². The minimum Gasteiger partial charge on any atom is -0.493 e. The summed E-state index contributed by atoms with van der Waals surface area (Å²) in [4.78, 5) is 52.9. The largest absolute Gasteiger partial charge is 0.493 e. The van der Waals surface area contributed by atoms with Crippen LogP contribution in [0.15, 0.2) is 51.2 Å². The summed E-state index contributed by atoms with van der Waals surface area (Å²) >= 11 is 0. The van der Waals surface area contributed by atoms with E-state index < -0.39 is 29.4 Å². The molecule has 0 unspecified atom stereocenters. The van der Waals surface area contributed by atoms with Crippen LogP contribution in [0.3, 0.4) is 0 Å². The number of nitriles is 1. The van der Waals surface area contributed by atoms with Gasteiger partial charge in [0.2, 0.25) is 5.91 Å². The second-order valence-electron chi connectivity index (χ2n) is 8.53. The molecule has 0 bridgehead atoms. The summed E-state index contributed by atoms with van der Waals surface area (Å²) in [5.74, 6) is -0.948. The molecule has 3 amide bonds. The van der Waals surface area contributed by atoms with Crippen LogP contribution in [0.4, 0.5) is 0 Å². The topological polar surface area (TPSA) is 139 Å². The maximum Gasteiger partial charge on any atom is 0.348 e. The van der Waals surface area contributed by atoms with Gasteiger partial charge in [-0.1, -0.05) is 19.8 Å². The summed E-state index contributed by atoms with van der Waals surface area (Å²) in [5.41, 5.74) is -0.345. The van der Waals surface area contributed by atoms with Gasteiger partial charge in [-0.05, 0) is 42.3 Å². The van der Waals surface area contributed by atoms with Gasteiger partial charge in [-0.3, -0.25) is 19.7 Å². The highest BCUT2D eigenvalue weighted by atomic mass is 16.5. The Morgan fingerprint density at radius 1 is 1.16 bits per heavy atom. The van der Waals surface area contributed by atoms with Crippen LogP contribution in [0, 0.1) is 11.3 Å². The lowest BCUT2D eigenvalue weighted by molar-refractivity contribution is -0.123. The number of methoxy groups -OCH3 is 2. The zero-order valence-corrected chi connectivity index (χ0v) is 21.0. The van der Waals surface area contributed by atoms with Crippen LogP contribution in [0.25, 0.3) is 0 Å². The van der Waals surface area contributed by atoms with Gasteiger partial charge in [0, 0.05) is 31.0 Å². The van der Waals surface area contributed by atoms with E-state index in [4.69, 9.17) is 19.2 Å². The number of amides is 3. The average molecular weight is 508 g/mol. The van der Waals surface area contributed by atoms with Crippen LogP contribution < -0.4 is 20.4 Å². The van der Waals surface area contributed by atoms with Crippen LogP contribution in [0.2, 0.25) is 0 Å². The lowest BCUT2D eigenvalue weighted by atomic mass is 10.1. The van der Waals surface area contributed by atoms with Crippen molar-refractivity contribution in [3.63, 3.8) is 0 Å². The van der Waals surface area contributed by atoms with Crippen molar-refractivity contribution < 1.29 is 28.3 Å². The van der Waals surface area contributed by atoms with Crippen molar-refractivity contribution in [3.8, 4) is 17.6 Å². The van der Waals surface area contributed by atoms with E-state index in [0.717, 1.165) is 19.3 Å². The lowest BCUT2D eigenvalue weighted by Gasteiger charge is -2.23. The third-order valence-electron chi connectivity index (χ3n) is 6.06. The van der Waals surface area contributed by atoms with Gasteiger partial charge in [-0.15, -0.1) is 0 Å². The molecule has 194 valence electrons. The van der Waals surface area contributed by atoms with Gasteiger partial charge in [0.1, 0.15) is 17.4 Å². The van der Waals surface area contributed by atoms with E-state index in [1.165, 1.54) is 49.5 Å². The Bertz CT molecular complexity index is 1310. The van der Waals surface area contributed by atoms with Crippen molar-refractivity contribution in [1.29, 1.82) is 5.26 Å². The molecule has 1 aromatic carbocycles. The fourth-order valence-electron chi connectivity index (χ4n) is 4.09. The first-order valence-electron chi connectivity index (χ1n) is 11.9. The molecule has 2 aromatic rings. The number of benzene rings is 1. The van der Waals surface area contributed by atoms with Crippen LogP contribution in [-0.4, -0.2) is 49.4 Å². The van der Waals surface area contributed by atoms with E-state index in [1.54, 1.807) is 6.07 Å². The molecule has 1 atom stereocenters. The molecule has 0 radical (unpaired) electrons. The number of carbonyl (C=O) groups excluding carboxylic acids is 3. The van der Waals surface area contributed by atoms with Gasteiger partial charge in [0.25, 0.3) is 11.8 Å². The number of imide groups is 1. The number of allylic oxidation sites excluding steroid dienone is 1. The minimum absolute atomic E-state index is 0.0350. The number of nitrogens with zero attached hydrogens (tertiary/aromatic N) is 2. The van der Waals surface area contributed by atoms with E-state index in [0.29, 0.717) is 29.3 Å². The molecular formula is C27H29N3O7. The van der Waals surface area contributed by atoms with Gasteiger partial charge in [-0.25, -0.2) is 4.79 Å². The second-order valence-corrected chi connectivity index (χ2v) is 8.53. The summed E-state index contributed by atoms with van der Waals surface area (Å²) in [6.07, 6.45) is 4.75. The Labute approximate surface area is 214 Å². The predicted octanol–water partition coefficient (Wildman–Crippen LogP) is 3.01.